The number of hydrogen-bond donors (Lipinski definition) is 1. The van der Waals surface area contributed by atoms with Crippen molar-refractivity contribution in [3.05, 3.63) is 35.4 Å². The van der Waals surface area contributed by atoms with Gasteiger partial charge in [0, 0.05) is 18.8 Å². The van der Waals surface area contributed by atoms with Crippen molar-refractivity contribution in [3.63, 3.8) is 0 Å². The minimum Gasteiger partial charge on any atom is -0.393 e. The van der Waals surface area contributed by atoms with Crippen molar-refractivity contribution in [2.75, 3.05) is 19.5 Å². The average molecular weight is 327 g/mol. The maximum atomic E-state index is 12.4. The van der Waals surface area contributed by atoms with E-state index < -0.39 is 20.5 Å². The van der Waals surface area contributed by atoms with Gasteiger partial charge in [-0.15, -0.1) is 0 Å². The Labute approximate surface area is 131 Å². The van der Waals surface area contributed by atoms with E-state index in [2.05, 4.69) is 0 Å². The predicted molar refractivity (Wildman–Crippen MR) is 88.3 cm³/mol. The van der Waals surface area contributed by atoms with E-state index in [1.807, 2.05) is 31.2 Å². The Bertz CT molecular complexity index is 639. The minimum absolute atomic E-state index is 0.0775. The molecule has 2 N–H and O–H groups in total. The number of aryl methyl sites for hydroxylation is 1. The average Bonchev–Trinajstić information content (AvgIpc) is 3.11. The Morgan fingerprint density at radius 3 is 2.38 bits per heavy atom. The van der Waals surface area contributed by atoms with E-state index in [1.54, 1.807) is 14.0 Å². The minimum atomic E-state index is -3.25. The molecule has 6 heteroatoms. The highest BCUT2D eigenvalue weighted by molar-refractivity contribution is 7.92. The molecule has 1 saturated carbocycles. The van der Waals surface area contributed by atoms with Gasteiger partial charge in [0.05, 0.1) is 22.3 Å². The lowest BCUT2D eigenvalue weighted by molar-refractivity contribution is 0.166. The summed E-state index contributed by atoms with van der Waals surface area (Å²) in [4.78, 5) is 0.219. The van der Waals surface area contributed by atoms with Crippen LogP contribution in [0.4, 0.5) is 0 Å². The van der Waals surface area contributed by atoms with Gasteiger partial charge in [-0.3, -0.25) is 0 Å². The van der Waals surface area contributed by atoms with Gasteiger partial charge in [0.25, 0.3) is 0 Å². The summed E-state index contributed by atoms with van der Waals surface area (Å²) in [6.45, 7) is 3.87. The number of benzene rings is 1. The highest BCUT2D eigenvalue weighted by Gasteiger charge is 2.72. The molecule has 1 aromatic carbocycles. The van der Waals surface area contributed by atoms with E-state index in [4.69, 9.17) is 22.7 Å². The monoisotopic (exact) mass is 327 g/mol. The van der Waals surface area contributed by atoms with Crippen molar-refractivity contribution in [2.45, 2.75) is 25.0 Å². The molecule has 1 aromatic rings. The fourth-order valence-corrected chi connectivity index (χ4v) is 5.60. The van der Waals surface area contributed by atoms with Crippen LogP contribution >= 0.6 is 12.2 Å². The second-order valence-corrected chi connectivity index (χ2v) is 8.45. The summed E-state index contributed by atoms with van der Waals surface area (Å²) in [6, 6.07) is 7.85. The zero-order chi connectivity index (χ0) is 15.8. The standard InChI is InChI=1S/C15H21NO3S2/c1-4-21(17,18)13-12(11-7-5-10(2)6-8-11)15(13,9-19-3)14(16)20/h5-8,12-13H,4,9H2,1-3H3,(H2,16,20)/t12-,13+,15-/m1/s1. The second kappa shape index (κ2) is 5.66. The van der Waals surface area contributed by atoms with Crippen LogP contribution in [-0.2, 0) is 14.6 Å². The van der Waals surface area contributed by atoms with E-state index in [1.165, 1.54) is 0 Å². The van der Waals surface area contributed by atoms with E-state index in [0.717, 1.165) is 11.1 Å². The van der Waals surface area contributed by atoms with Crippen LogP contribution in [0.3, 0.4) is 0 Å². The zero-order valence-electron chi connectivity index (χ0n) is 12.5. The molecule has 1 aliphatic carbocycles. The van der Waals surface area contributed by atoms with Gasteiger partial charge in [0.15, 0.2) is 9.84 Å². The van der Waals surface area contributed by atoms with E-state index >= 15 is 0 Å². The molecule has 0 bridgehead atoms. The molecule has 1 aliphatic rings. The molecule has 3 atom stereocenters. The third-order valence-corrected chi connectivity index (χ3v) is 6.98. The quantitative estimate of drug-likeness (QED) is 0.807. The van der Waals surface area contributed by atoms with Crippen LogP contribution in [0.1, 0.15) is 24.0 Å². The van der Waals surface area contributed by atoms with Crippen molar-refractivity contribution in [2.24, 2.45) is 11.1 Å². The first-order valence-corrected chi connectivity index (χ1v) is 9.00. The Morgan fingerprint density at radius 2 is 1.95 bits per heavy atom. The molecule has 1 fully saturated rings. The maximum absolute atomic E-state index is 12.4. The summed E-state index contributed by atoms with van der Waals surface area (Å²) in [5.41, 5.74) is 7.20. The van der Waals surface area contributed by atoms with Crippen molar-refractivity contribution >= 4 is 27.0 Å². The summed E-state index contributed by atoms with van der Waals surface area (Å²) in [5.74, 6) is -0.144. The van der Waals surface area contributed by atoms with Crippen LogP contribution in [0.25, 0.3) is 0 Å². The summed E-state index contributed by atoms with van der Waals surface area (Å²) in [5, 5.41) is -0.588. The fraction of sp³-hybridized carbons (Fsp3) is 0.533. The summed E-state index contributed by atoms with van der Waals surface area (Å²) in [6.07, 6.45) is 0. The Kier molecular flexibility index (Phi) is 4.42. The number of sulfone groups is 1. The first-order valence-electron chi connectivity index (χ1n) is 6.88. The smallest absolute Gasteiger partial charge is 0.154 e. The molecule has 0 aromatic heterocycles. The Morgan fingerprint density at radius 1 is 1.38 bits per heavy atom. The summed E-state index contributed by atoms with van der Waals surface area (Å²) in [7, 11) is -1.71. The Balaban J connectivity index is 2.51. The zero-order valence-corrected chi connectivity index (χ0v) is 14.1. The molecule has 116 valence electrons. The van der Waals surface area contributed by atoms with E-state index in [9.17, 15) is 8.42 Å². The molecule has 0 spiro atoms. The van der Waals surface area contributed by atoms with Gasteiger partial charge in [-0.2, -0.15) is 0 Å². The van der Waals surface area contributed by atoms with Crippen molar-refractivity contribution in [1.82, 2.24) is 0 Å². The lowest BCUT2D eigenvalue weighted by Gasteiger charge is -2.15. The van der Waals surface area contributed by atoms with Crippen molar-refractivity contribution in [3.8, 4) is 0 Å². The van der Waals surface area contributed by atoms with Gasteiger partial charge in [0.1, 0.15) is 0 Å². The number of methoxy groups -OCH3 is 1. The van der Waals surface area contributed by atoms with Crippen LogP contribution in [0.5, 0.6) is 0 Å². The molecular formula is C15H21NO3S2. The molecule has 2 rings (SSSR count). The number of nitrogens with two attached hydrogens (primary N) is 1. The molecule has 0 saturated heterocycles. The number of hydrogen-bond acceptors (Lipinski definition) is 4. The van der Waals surface area contributed by atoms with Gasteiger partial charge in [-0.1, -0.05) is 49.0 Å². The first-order chi connectivity index (χ1) is 9.81. The number of rotatable bonds is 6. The molecule has 0 radical (unpaired) electrons. The van der Waals surface area contributed by atoms with Crippen molar-refractivity contribution < 1.29 is 13.2 Å². The van der Waals surface area contributed by atoms with Gasteiger partial charge < -0.3 is 10.5 Å². The summed E-state index contributed by atoms with van der Waals surface area (Å²) >= 11 is 5.19. The topological polar surface area (TPSA) is 69.4 Å². The molecule has 21 heavy (non-hydrogen) atoms. The second-order valence-electron chi connectivity index (χ2n) is 5.60. The highest BCUT2D eigenvalue weighted by Crippen LogP contribution is 2.63. The predicted octanol–water partition coefficient (Wildman–Crippen LogP) is 1.81. The van der Waals surface area contributed by atoms with Gasteiger partial charge >= 0.3 is 0 Å². The summed E-state index contributed by atoms with van der Waals surface area (Å²) < 4.78 is 30.1. The SMILES string of the molecule is CCS(=O)(=O)[C@H]1[C@@H](c2ccc(C)cc2)[C@@]1(COC)C(N)=S. The molecule has 4 nitrogen and oxygen atoms in total. The fourth-order valence-electron chi connectivity index (χ4n) is 3.13. The van der Waals surface area contributed by atoms with Crippen LogP contribution in [0.2, 0.25) is 0 Å². The van der Waals surface area contributed by atoms with Gasteiger partial charge in [0.2, 0.25) is 0 Å². The maximum Gasteiger partial charge on any atom is 0.154 e. The molecule has 0 heterocycles. The van der Waals surface area contributed by atoms with Crippen LogP contribution < -0.4 is 5.73 Å². The normalized spacial score (nSPS) is 28.3. The first kappa shape index (κ1) is 16.4. The van der Waals surface area contributed by atoms with Gasteiger partial charge in [-0.25, -0.2) is 8.42 Å². The van der Waals surface area contributed by atoms with Crippen LogP contribution in [0.15, 0.2) is 24.3 Å². The lowest BCUT2D eigenvalue weighted by Crippen LogP contribution is -2.33. The largest absolute Gasteiger partial charge is 0.393 e. The molecule has 0 amide bonds. The lowest BCUT2D eigenvalue weighted by atomic mass is 9.99. The Hall–Kier alpha value is -0.980. The third kappa shape index (κ3) is 2.60. The van der Waals surface area contributed by atoms with E-state index in [-0.39, 0.29) is 23.3 Å². The van der Waals surface area contributed by atoms with Crippen LogP contribution in [0, 0.1) is 12.3 Å². The number of thiocarbonyl (C=S) groups is 1. The van der Waals surface area contributed by atoms with Gasteiger partial charge in [-0.05, 0) is 12.5 Å². The van der Waals surface area contributed by atoms with Crippen molar-refractivity contribution in [1.29, 1.82) is 0 Å². The van der Waals surface area contributed by atoms with E-state index in [0.29, 0.717) is 0 Å². The number of ether oxygens (including phenoxy) is 1. The molecule has 0 unspecified atom stereocenters. The third-order valence-electron chi connectivity index (χ3n) is 4.32. The van der Waals surface area contributed by atoms with Crippen LogP contribution in [-0.4, -0.2) is 38.1 Å². The molecular weight excluding hydrogens is 306 g/mol. The molecule has 0 aliphatic heterocycles. The highest BCUT2D eigenvalue weighted by atomic mass is 32.2.